The second-order valence-corrected chi connectivity index (χ2v) is 6.99. The monoisotopic (exact) mass is 254 g/mol. The maximum Gasteiger partial charge on any atom is 0.232 e. The van der Waals surface area contributed by atoms with E-state index in [9.17, 15) is 4.57 Å². The normalized spacial score (nSPS) is 14.5. The number of aryl methyl sites for hydroxylation is 1. The van der Waals surface area contributed by atoms with Gasteiger partial charge >= 0.3 is 0 Å². The van der Waals surface area contributed by atoms with Crippen molar-refractivity contribution in [2.24, 2.45) is 0 Å². The smallest absolute Gasteiger partial charge is 0.232 e. The molecule has 0 aliphatic carbocycles. The van der Waals surface area contributed by atoms with E-state index >= 15 is 0 Å². The molecule has 1 aromatic carbocycles. The van der Waals surface area contributed by atoms with Crippen LogP contribution in [-0.4, -0.2) is 12.8 Å². The summed E-state index contributed by atoms with van der Waals surface area (Å²) in [6.45, 7) is 6.79. The summed E-state index contributed by atoms with van der Waals surface area (Å²) in [4.78, 5) is 0. The Morgan fingerprint density at radius 2 is 1.76 bits per heavy atom. The predicted octanol–water partition coefficient (Wildman–Crippen LogP) is 4.13. The average Bonchev–Trinajstić information content (AvgIpc) is 2.30. The number of benzene rings is 1. The standard InChI is InChI=1S/C14H23O2P/c1-4-6-11-16-17(15,12-5-2)14-9-7-13(3)8-10-14/h7-10H,4-6,11-12H2,1-3H3. The first kappa shape index (κ1) is 14.5. The third-order valence-corrected chi connectivity index (χ3v) is 5.46. The lowest BCUT2D eigenvalue weighted by Crippen LogP contribution is -2.11. The van der Waals surface area contributed by atoms with Gasteiger partial charge in [0.1, 0.15) is 0 Å². The van der Waals surface area contributed by atoms with Gasteiger partial charge in [-0.3, -0.25) is 4.57 Å². The Kier molecular flexibility index (Phi) is 5.94. The van der Waals surface area contributed by atoms with Crippen LogP contribution in [0.5, 0.6) is 0 Å². The van der Waals surface area contributed by atoms with E-state index in [1.54, 1.807) is 0 Å². The van der Waals surface area contributed by atoms with Crippen LogP contribution in [0.15, 0.2) is 24.3 Å². The zero-order chi connectivity index (χ0) is 12.7. The molecule has 0 amide bonds. The average molecular weight is 254 g/mol. The molecule has 3 heteroatoms. The van der Waals surface area contributed by atoms with E-state index in [4.69, 9.17) is 4.52 Å². The molecule has 1 unspecified atom stereocenters. The highest BCUT2D eigenvalue weighted by Crippen LogP contribution is 2.46. The second kappa shape index (κ2) is 6.98. The molecule has 0 N–H and O–H groups in total. The molecule has 0 heterocycles. The summed E-state index contributed by atoms with van der Waals surface area (Å²) in [7, 11) is -2.62. The van der Waals surface area contributed by atoms with Crippen molar-refractivity contribution >= 4 is 12.7 Å². The van der Waals surface area contributed by atoms with Crippen LogP contribution in [0.3, 0.4) is 0 Å². The number of hydrogen-bond donors (Lipinski definition) is 0. The fourth-order valence-corrected chi connectivity index (χ4v) is 3.84. The van der Waals surface area contributed by atoms with Crippen molar-refractivity contribution < 1.29 is 9.09 Å². The fraction of sp³-hybridized carbons (Fsp3) is 0.571. The van der Waals surface area contributed by atoms with E-state index in [1.807, 2.05) is 38.1 Å². The van der Waals surface area contributed by atoms with E-state index in [0.29, 0.717) is 12.8 Å². The van der Waals surface area contributed by atoms with Crippen LogP contribution in [0.1, 0.15) is 38.7 Å². The van der Waals surface area contributed by atoms with Gasteiger partial charge in [0.15, 0.2) is 0 Å². The molecule has 1 atom stereocenters. The largest absolute Gasteiger partial charge is 0.325 e. The van der Waals surface area contributed by atoms with Gasteiger partial charge in [0.25, 0.3) is 0 Å². The molecule has 0 aliphatic rings. The van der Waals surface area contributed by atoms with Gasteiger partial charge in [0.05, 0.1) is 6.61 Å². The summed E-state index contributed by atoms with van der Waals surface area (Å²) >= 11 is 0. The van der Waals surface area contributed by atoms with Crippen molar-refractivity contribution in [3.8, 4) is 0 Å². The summed E-state index contributed by atoms with van der Waals surface area (Å²) in [6.07, 6.45) is 3.57. The molecule has 0 aliphatic heterocycles. The lowest BCUT2D eigenvalue weighted by molar-refractivity contribution is 0.312. The summed E-state index contributed by atoms with van der Waals surface area (Å²) in [5, 5.41) is 0.862. The van der Waals surface area contributed by atoms with Crippen LogP contribution >= 0.6 is 7.37 Å². The lowest BCUT2D eigenvalue weighted by Gasteiger charge is -2.18. The maximum absolute atomic E-state index is 12.8. The third kappa shape index (κ3) is 4.29. The molecule has 0 fully saturated rings. The van der Waals surface area contributed by atoms with Crippen LogP contribution < -0.4 is 5.30 Å². The molecule has 0 bridgehead atoms. The van der Waals surface area contributed by atoms with Crippen molar-refractivity contribution in [2.45, 2.75) is 40.0 Å². The van der Waals surface area contributed by atoms with Crippen LogP contribution in [0.4, 0.5) is 0 Å². The highest BCUT2D eigenvalue weighted by molar-refractivity contribution is 7.67. The molecule has 17 heavy (non-hydrogen) atoms. The van der Waals surface area contributed by atoms with Crippen LogP contribution in [0.25, 0.3) is 0 Å². The van der Waals surface area contributed by atoms with Gasteiger partial charge < -0.3 is 4.52 Å². The molecule has 0 saturated carbocycles. The molecule has 96 valence electrons. The molecular formula is C14H23O2P. The Morgan fingerprint density at radius 1 is 1.12 bits per heavy atom. The number of hydrogen-bond acceptors (Lipinski definition) is 2. The van der Waals surface area contributed by atoms with Gasteiger partial charge in [0.2, 0.25) is 7.37 Å². The minimum absolute atomic E-state index is 0.599. The zero-order valence-corrected chi connectivity index (χ0v) is 12.0. The fourth-order valence-electron chi connectivity index (χ4n) is 1.69. The molecule has 0 radical (unpaired) electrons. The summed E-state index contributed by atoms with van der Waals surface area (Å²) in [6, 6.07) is 7.89. The third-order valence-electron chi connectivity index (χ3n) is 2.74. The summed E-state index contributed by atoms with van der Waals surface area (Å²) in [5.41, 5.74) is 1.19. The van der Waals surface area contributed by atoms with Gasteiger partial charge in [0, 0.05) is 11.5 Å². The first-order valence-corrected chi connectivity index (χ1v) is 8.24. The van der Waals surface area contributed by atoms with E-state index < -0.39 is 7.37 Å². The lowest BCUT2D eigenvalue weighted by atomic mass is 10.2. The topological polar surface area (TPSA) is 26.3 Å². The van der Waals surface area contributed by atoms with Gasteiger partial charge in [-0.1, -0.05) is 38.0 Å². The molecule has 0 saturated heterocycles. The van der Waals surface area contributed by atoms with Crippen molar-refractivity contribution in [3.63, 3.8) is 0 Å². The Hall–Kier alpha value is -0.590. The Bertz CT molecular complexity index is 370. The second-order valence-electron chi connectivity index (χ2n) is 4.42. The molecule has 2 nitrogen and oxygen atoms in total. The van der Waals surface area contributed by atoms with Crippen LogP contribution in [0.2, 0.25) is 0 Å². The zero-order valence-electron chi connectivity index (χ0n) is 11.1. The van der Waals surface area contributed by atoms with Gasteiger partial charge in [-0.05, 0) is 31.9 Å². The number of unbranched alkanes of at least 4 members (excludes halogenated alkanes) is 1. The number of rotatable bonds is 7. The van der Waals surface area contributed by atoms with Crippen molar-refractivity contribution in [3.05, 3.63) is 29.8 Å². The van der Waals surface area contributed by atoms with E-state index in [2.05, 4.69) is 6.92 Å². The predicted molar refractivity (Wildman–Crippen MR) is 74.4 cm³/mol. The summed E-state index contributed by atoms with van der Waals surface area (Å²) in [5.74, 6) is 0. The van der Waals surface area contributed by atoms with E-state index in [-0.39, 0.29) is 0 Å². The minimum atomic E-state index is -2.62. The maximum atomic E-state index is 12.8. The van der Waals surface area contributed by atoms with E-state index in [1.165, 1.54) is 5.56 Å². The molecule has 1 aromatic rings. The van der Waals surface area contributed by atoms with Crippen molar-refractivity contribution in [2.75, 3.05) is 12.8 Å². The quantitative estimate of drug-likeness (QED) is 0.540. The van der Waals surface area contributed by atoms with Crippen LogP contribution in [-0.2, 0) is 9.09 Å². The highest BCUT2D eigenvalue weighted by Gasteiger charge is 2.24. The van der Waals surface area contributed by atoms with E-state index in [0.717, 1.165) is 24.6 Å². The first-order chi connectivity index (χ1) is 8.12. The first-order valence-electron chi connectivity index (χ1n) is 6.43. The molecule has 0 aromatic heterocycles. The minimum Gasteiger partial charge on any atom is -0.325 e. The Balaban J connectivity index is 2.82. The summed E-state index contributed by atoms with van der Waals surface area (Å²) < 4.78 is 18.5. The van der Waals surface area contributed by atoms with Crippen molar-refractivity contribution in [1.29, 1.82) is 0 Å². The van der Waals surface area contributed by atoms with Gasteiger partial charge in [-0.2, -0.15) is 0 Å². The molecular weight excluding hydrogens is 231 g/mol. The van der Waals surface area contributed by atoms with Gasteiger partial charge in [-0.15, -0.1) is 0 Å². The van der Waals surface area contributed by atoms with Gasteiger partial charge in [-0.25, -0.2) is 0 Å². The Morgan fingerprint density at radius 3 is 2.29 bits per heavy atom. The molecule has 0 spiro atoms. The highest BCUT2D eigenvalue weighted by atomic mass is 31.2. The molecule has 1 rings (SSSR count). The Labute approximate surface area is 105 Å². The SMILES string of the molecule is CCCCOP(=O)(CCC)c1ccc(C)cc1. The van der Waals surface area contributed by atoms with Crippen LogP contribution in [0, 0.1) is 6.92 Å². The van der Waals surface area contributed by atoms with Crippen molar-refractivity contribution in [1.82, 2.24) is 0 Å².